The molecule has 0 aliphatic carbocycles. The second kappa shape index (κ2) is 6.90. The average Bonchev–Trinajstić information content (AvgIpc) is 2.48. The topological polar surface area (TPSA) is 88.1 Å². The van der Waals surface area contributed by atoms with E-state index >= 15 is 0 Å². The van der Waals surface area contributed by atoms with Gasteiger partial charge in [-0.3, -0.25) is 19.9 Å². The molecule has 0 saturated carbocycles. The Balaban J connectivity index is 2.21. The number of nitrogens with zero attached hydrogens (tertiary/aromatic N) is 2. The van der Waals surface area contributed by atoms with Gasteiger partial charge in [0.05, 0.1) is 18.8 Å². The van der Waals surface area contributed by atoms with E-state index in [1.54, 1.807) is 0 Å². The van der Waals surface area contributed by atoms with Crippen molar-refractivity contribution in [3.8, 4) is 0 Å². The van der Waals surface area contributed by atoms with Crippen LogP contribution in [0.15, 0.2) is 29.3 Å². The minimum Gasteiger partial charge on any atom is -0.383 e. The molecule has 2 rings (SSSR count). The zero-order valence-electron chi connectivity index (χ0n) is 11.8. The molecule has 7 nitrogen and oxygen atoms in total. The van der Waals surface area contributed by atoms with Crippen molar-refractivity contribution in [3.05, 3.63) is 30.1 Å². The molecule has 1 aliphatic rings. The van der Waals surface area contributed by atoms with Crippen molar-refractivity contribution in [1.82, 2.24) is 5.32 Å². The standard InChI is InChI=1S/C14H14FN3O4/c1-22-7-6-16-8-11-12(19)17-14(21)18(13(11)20)10-4-2-9(15)3-5-10/h2-5,8,11H,6-7H2,1H3,(H,17,19,21). The van der Waals surface area contributed by atoms with Crippen molar-refractivity contribution in [2.45, 2.75) is 0 Å². The summed E-state index contributed by atoms with van der Waals surface area (Å²) in [7, 11) is 1.50. The van der Waals surface area contributed by atoms with E-state index in [0.717, 1.165) is 17.0 Å². The number of urea groups is 1. The lowest BCUT2D eigenvalue weighted by Crippen LogP contribution is -2.58. The number of rotatable bonds is 5. The van der Waals surface area contributed by atoms with Crippen molar-refractivity contribution < 1.29 is 23.5 Å². The summed E-state index contributed by atoms with van der Waals surface area (Å²) in [6, 6.07) is 3.93. The normalized spacial score (nSPS) is 18.9. The molecule has 4 amide bonds. The number of benzene rings is 1. The summed E-state index contributed by atoms with van der Waals surface area (Å²) in [5.41, 5.74) is 0.173. The smallest absolute Gasteiger partial charge is 0.335 e. The molecule has 1 unspecified atom stereocenters. The Morgan fingerprint density at radius 1 is 1.32 bits per heavy atom. The third kappa shape index (κ3) is 3.34. The highest BCUT2D eigenvalue weighted by atomic mass is 19.1. The summed E-state index contributed by atoms with van der Waals surface area (Å²) in [5, 5.41) is 2.07. The molecule has 1 N–H and O–H groups in total. The molecule has 22 heavy (non-hydrogen) atoms. The van der Waals surface area contributed by atoms with Gasteiger partial charge in [0.15, 0.2) is 5.92 Å². The Bertz CT molecular complexity index is 615. The number of hydrogen-bond acceptors (Lipinski definition) is 5. The van der Waals surface area contributed by atoms with E-state index in [1.807, 2.05) is 0 Å². The highest BCUT2D eigenvalue weighted by molar-refractivity contribution is 6.32. The molecular weight excluding hydrogens is 293 g/mol. The van der Waals surface area contributed by atoms with Crippen LogP contribution in [-0.2, 0) is 14.3 Å². The number of halogens is 1. The van der Waals surface area contributed by atoms with Crippen LogP contribution in [0.5, 0.6) is 0 Å². The van der Waals surface area contributed by atoms with Crippen molar-refractivity contribution in [2.75, 3.05) is 25.2 Å². The monoisotopic (exact) mass is 307 g/mol. The lowest BCUT2D eigenvalue weighted by molar-refractivity contribution is -0.131. The van der Waals surface area contributed by atoms with Crippen LogP contribution >= 0.6 is 0 Å². The number of barbiturate groups is 1. The second-order valence-electron chi connectivity index (χ2n) is 4.47. The number of aliphatic imine (C=N–C) groups is 1. The van der Waals surface area contributed by atoms with Crippen molar-refractivity contribution in [2.24, 2.45) is 10.9 Å². The Kier molecular flexibility index (Phi) is 4.95. The maximum absolute atomic E-state index is 12.9. The first-order chi connectivity index (χ1) is 10.5. The minimum atomic E-state index is -1.21. The van der Waals surface area contributed by atoms with Crippen molar-refractivity contribution in [1.29, 1.82) is 0 Å². The molecule has 1 saturated heterocycles. The van der Waals surface area contributed by atoms with Crippen molar-refractivity contribution in [3.63, 3.8) is 0 Å². The highest BCUT2D eigenvalue weighted by Gasteiger charge is 2.40. The highest BCUT2D eigenvalue weighted by Crippen LogP contribution is 2.20. The lowest BCUT2D eigenvalue weighted by Gasteiger charge is -2.28. The maximum atomic E-state index is 12.9. The molecule has 1 fully saturated rings. The summed E-state index contributed by atoms with van der Waals surface area (Å²) in [6.07, 6.45) is 1.18. The van der Waals surface area contributed by atoms with Gasteiger partial charge >= 0.3 is 6.03 Å². The number of anilines is 1. The first-order valence-corrected chi connectivity index (χ1v) is 6.48. The third-order valence-electron chi connectivity index (χ3n) is 2.97. The molecule has 0 radical (unpaired) electrons. The summed E-state index contributed by atoms with van der Waals surface area (Å²) in [6.45, 7) is 0.637. The summed E-state index contributed by atoms with van der Waals surface area (Å²) < 4.78 is 17.7. The zero-order chi connectivity index (χ0) is 16.1. The maximum Gasteiger partial charge on any atom is 0.335 e. The van der Waals surface area contributed by atoms with Crippen LogP contribution in [0.3, 0.4) is 0 Å². The van der Waals surface area contributed by atoms with E-state index in [9.17, 15) is 18.8 Å². The Labute approximate surface area is 125 Å². The molecule has 1 aromatic carbocycles. The molecule has 116 valence electrons. The average molecular weight is 307 g/mol. The number of hydrogen-bond donors (Lipinski definition) is 1. The number of carbonyl (C=O) groups is 3. The number of carbonyl (C=O) groups excluding carboxylic acids is 3. The number of imide groups is 2. The fourth-order valence-electron chi connectivity index (χ4n) is 1.88. The van der Waals surface area contributed by atoms with E-state index in [4.69, 9.17) is 4.74 Å². The fraction of sp³-hybridized carbons (Fsp3) is 0.286. The largest absolute Gasteiger partial charge is 0.383 e. The second-order valence-corrected chi connectivity index (χ2v) is 4.47. The molecule has 1 aromatic rings. The number of methoxy groups -OCH3 is 1. The predicted octanol–water partition coefficient (Wildman–Crippen LogP) is 0.742. The summed E-state index contributed by atoms with van der Waals surface area (Å²) >= 11 is 0. The van der Waals surface area contributed by atoms with Crippen LogP contribution in [-0.4, -0.2) is 44.3 Å². The van der Waals surface area contributed by atoms with Crippen molar-refractivity contribution >= 4 is 29.7 Å². The number of amides is 4. The van der Waals surface area contributed by atoms with E-state index < -0.39 is 29.6 Å². The first-order valence-electron chi connectivity index (χ1n) is 6.48. The molecule has 0 aromatic heterocycles. The van der Waals surface area contributed by atoms with Gasteiger partial charge in [0.2, 0.25) is 5.91 Å². The van der Waals surface area contributed by atoms with Gasteiger partial charge in [-0.05, 0) is 24.3 Å². The van der Waals surface area contributed by atoms with Gasteiger partial charge in [0.1, 0.15) is 5.82 Å². The predicted molar refractivity (Wildman–Crippen MR) is 76.1 cm³/mol. The van der Waals surface area contributed by atoms with Crippen LogP contribution in [0.25, 0.3) is 0 Å². The Morgan fingerprint density at radius 2 is 2.00 bits per heavy atom. The van der Waals surface area contributed by atoms with E-state index in [2.05, 4.69) is 10.3 Å². The lowest BCUT2D eigenvalue weighted by atomic mass is 10.1. The van der Waals surface area contributed by atoms with Gasteiger partial charge in [0, 0.05) is 13.3 Å². The molecule has 1 heterocycles. The first kappa shape index (κ1) is 15.8. The van der Waals surface area contributed by atoms with Crippen LogP contribution in [0.2, 0.25) is 0 Å². The molecule has 0 spiro atoms. The molecular formula is C14H14FN3O4. The van der Waals surface area contributed by atoms with Gasteiger partial charge in [-0.25, -0.2) is 14.1 Å². The van der Waals surface area contributed by atoms with Crippen LogP contribution in [0, 0.1) is 11.7 Å². The van der Waals surface area contributed by atoms with E-state index in [0.29, 0.717) is 6.61 Å². The quantitative estimate of drug-likeness (QED) is 0.494. The third-order valence-corrected chi connectivity index (χ3v) is 2.97. The van der Waals surface area contributed by atoms with Crippen LogP contribution in [0.4, 0.5) is 14.9 Å². The zero-order valence-corrected chi connectivity index (χ0v) is 11.8. The fourth-order valence-corrected chi connectivity index (χ4v) is 1.88. The molecule has 1 atom stereocenters. The number of nitrogens with one attached hydrogen (secondary N) is 1. The van der Waals surface area contributed by atoms with Gasteiger partial charge < -0.3 is 4.74 Å². The van der Waals surface area contributed by atoms with Gasteiger partial charge in [-0.2, -0.15) is 0 Å². The molecule has 0 bridgehead atoms. The molecule has 8 heteroatoms. The van der Waals surface area contributed by atoms with E-state index in [1.165, 1.54) is 25.5 Å². The SMILES string of the molecule is COCCN=CC1C(=O)NC(=O)N(c2ccc(F)cc2)C1=O. The molecule has 1 aliphatic heterocycles. The van der Waals surface area contributed by atoms with Crippen LogP contribution < -0.4 is 10.2 Å². The van der Waals surface area contributed by atoms with Gasteiger partial charge in [0.25, 0.3) is 5.91 Å². The number of ether oxygens (including phenoxy) is 1. The Hall–Kier alpha value is -2.61. The summed E-state index contributed by atoms with van der Waals surface area (Å²) in [5.74, 6) is -3.18. The van der Waals surface area contributed by atoms with E-state index in [-0.39, 0.29) is 12.2 Å². The summed E-state index contributed by atoms with van der Waals surface area (Å²) in [4.78, 5) is 40.6. The van der Waals surface area contributed by atoms with Crippen LogP contribution in [0.1, 0.15) is 0 Å². The Morgan fingerprint density at radius 3 is 2.64 bits per heavy atom. The van der Waals surface area contributed by atoms with Gasteiger partial charge in [-0.15, -0.1) is 0 Å². The van der Waals surface area contributed by atoms with Gasteiger partial charge in [-0.1, -0.05) is 0 Å². The minimum absolute atomic E-state index is 0.173.